The summed E-state index contributed by atoms with van der Waals surface area (Å²) in [7, 11) is 0. The van der Waals surface area contributed by atoms with Gasteiger partial charge in [0.1, 0.15) is 12.9 Å². The van der Waals surface area contributed by atoms with Crippen LogP contribution in [0.5, 0.6) is 0 Å². The van der Waals surface area contributed by atoms with Crippen LogP contribution < -0.4 is 0 Å². The van der Waals surface area contributed by atoms with Gasteiger partial charge >= 0.3 is 5.97 Å². The van der Waals surface area contributed by atoms with Gasteiger partial charge in [-0.3, -0.25) is 0 Å². The molecule has 1 aliphatic rings. The summed E-state index contributed by atoms with van der Waals surface area (Å²) in [6.45, 7) is 0.783. The minimum atomic E-state index is -1.48. The highest BCUT2D eigenvalue weighted by Gasteiger charge is 2.20. The molecule has 1 aliphatic heterocycles. The average Bonchev–Trinajstić information content (AvgIpc) is 2.81. The zero-order valence-corrected chi connectivity index (χ0v) is 8.50. The van der Waals surface area contributed by atoms with Crippen molar-refractivity contribution in [2.75, 3.05) is 13.4 Å². The molecule has 0 amide bonds. The van der Waals surface area contributed by atoms with Gasteiger partial charge in [-0.1, -0.05) is 24.3 Å². The average molecular weight is 224 g/mol. The van der Waals surface area contributed by atoms with Crippen LogP contribution in [-0.4, -0.2) is 29.6 Å². The Balaban J connectivity index is 2.12. The number of carboxylic acid groups (broad SMARTS) is 1. The molecule has 1 aromatic carbocycles. The molecule has 0 saturated carbocycles. The van der Waals surface area contributed by atoms with Crippen LogP contribution in [-0.2, 0) is 14.3 Å². The lowest BCUT2D eigenvalue weighted by Crippen LogP contribution is -2.10. The molecule has 5 nitrogen and oxygen atoms in total. The van der Waals surface area contributed by atoms with E-state index in [0.717, 1.165) is 5.56 Å². The van der Waals surface area contributed by atoms with Crippen LogP contribution in [0.25, 0.3) is 0 Å². The van der Waals surface area contributed by atoms with Crippen molar-refractivity contribution in [1.29, 1.82) is 0 Å². The van der Waals surface area contributed by atoms with Crippen molar-refractivity contribution in [3.63, 3.8) is 0 Å². The maximum Gasteiger partial charge on any atom is 0.337 e. The second-order valence-electron chi connectivity index (χ2n) is 3.55. The molecule has 1 heterocycles. The molecule has 2 atom stereocenters. The highest BCUT2D eigenvalue weighted by molar-refractivity contribution is 5.73. The summed E-state index contributed by atoms with van der Waals surface area (Å²) >= 11 is 0. The van der Waals surface area contributed by atoms with E-state index in [1.165, 1.54) is 0 Å². The lowest BCUT2D eigenvalue weighted by Gasteiger charge is -2.10. The first-order valence-corrected chi connectivity index (χ1v) is 4.88. The molecule has 0 spiro atoms. The molecule has 16 heavy (non-hydrogen) atoms. The van der Waals surface area contributed by atoms with Crippen molar-refractivity contribution in [2.24, 2.45) is 0 Å². The summed E-state index contributed by atoms with van der Waals surface area (Å²) in [5, 5.41) is 17.9. The number of aliphatic carboxylic acids is 1. The quantitative estimate of drug-likeness (QED) is 0.796. The Kier molecular flexibility index (Phi) is 3.19. The molecular formula is C11H12O5. The first-order chi connectivity index (χ1) is 7.68. The Morgan fingerprint density at radius 1 is 1.38 bits per heavy atom. The number of aliphatic hydroxyl groups is 1. The molecular weight excluding hydrogens is 212 g/mol. The zero-order chi connectivity index (χ0) is 11.5. The largest absolute Gasteiger partial charge is 0.479 e. The Labute approximate surface area is 92.2 Å². The number of carbonyl (C=O) groups is 1. The smallest absolute Gasteiger partial charge is 0.337 e. The van der Waals surface area contributed by atoms with Gasteiger partial charge in [0, 0.05) is 0 Å². The van der Waals surface area contributed by atoms with E-state index in [2.05, 4.69) is 0 Å². The second-order valence-corrected chi connectivity index (χ2v) is 3.55. The summed E-state index contributed by atoms with van der Waals surface area (Å²) in [6, 6.07) is 6.63. The summed E-state index contributed by atoms with van der Waals surface area (Å²) in [5.74, 6) is -1.26. The van der Waals surface area contributed by atoms with Gasteiger partial charge < -0.3 is 19.7 Å². The van der Waals surface area contributed by atoms with E-state index >= 15 is 0 Å². The number of carboxylic acids is 1. The number of benzene rings is 1. The highest BCUT2D eigenvalue weighted by atomic mass is 16.7. The molecule has 86 valence electrons. The zero-order valence-electron chi connectivity index (χ0n) is 8.50. The van der Waals surface area contributed by atoms with Crippen molar-refractivity contribution < 1.29 is 24.5 Å². The van der Waals surface area contributed by atoms with Gasteiger partial charge in [0.25, 0.3) is 0 Å². The Bertz CT molecular complexity index is 366. The van der Waals surface area contributed by atoms with Gasteiger partial charge in [0.15, 0.2) is 6.10 Å². The van der Waals surface area contributed by atoms with Gasteiger partial charge in [-0.2, -0.15) is 0 Å². The van der Waals surface area contributed by atoms with E-state index in [-0.39, 0.29) is 12.9 Å². The molecule has 0 aromatic heterocycles. The fourth-order valence-electron chi connectivity index (χ4n) is 1.56. The fourth-order valence-corrected chi connectivity index (χ4v) is 1.56. The van der Waals surface area contributed by atoms with E-state index in [1.807, 2.05) is 0 Å². The van der Waals surface area contributed by atoms with Crippen molar-refractivity contribution >= 4 is 5.97 Å². The van der Waals surface area contributed by atoms with Crippen molar-refractivity contribution in [3.05, 3.63) is 35.4 Å². The van der Waals surface area contributed by atoms with Crippen LogP contribution in [0.1, 0.15) is 23.3 Å². The van der Waals surface area contributed by atoms with Gasteiger partial charge in [0.2, 0.25) is 0 Å². The van der Waals surface area contributed by atoms with Crippen LogP contribution in [0.4, 0.5) is 0 Å². The first-order valence-electron chi connectivity index (χ1n) is 4.88. The molecule has 0 bridgehead atoms. The molecule has 1 aromatic rings. The molecule has 0 radical (unpaired) electrons. The van der Waals surface area contributed by atoms with E-state index in [0.29, 0.717) is 12.2 Å². The molecule has 5 heteroatoms. The van der Waals surface area contributed by atoms with Crippen molar-refractivity contribution in [2.45, 2.75) is 12.2 Å². The van der Waals surface area contributed by atoms with Crippen LogP contribution >= 0.6 is 0 Å². The SMILES string of the molecule is O=C(O)C(O)c1ccc(C2COCO2)cc1. The van der Waals surface area contributed by atoms with E-state index in [9.17, 15) is 9.90 Å². The predicted octanol–water partition coefficient (Wildman–Crippen LogP) is 0.850. The van der Waals surface area contributed by atoms with Crippen LogP contribution in [0.15, 0.2) is 24.3 Å². The van der Waals surface area contributed by atoms with E-state index in [1.54, 1.807) is 24.3 Å². The van der Waals surface area contributed by atoms with E-state index < -0.39 is 12.1 Å². The second kappa shape index (κ2) is 4.61. The van der Waals surface area contributed by atoms with E-state index in [4.69, 9.17) is 14.6 Å². The number of ether oxygens (including phenoxy) is 2. The van der Waals surface area contributed by atoms with Crippen LogP contribution in [0, 0.1) is 0 Å². The summed E-state index contributed by atoms with van der Waals surface area (Å²) in [5.41, 5.74) is 1.27. The molecule has 2 rings (SSSR count). The first kappa shape index (κ1) is 11.1. The lowest BCUT2D eigenvalue weighted by atomic mass is 10.0. The van der Waals surface area contributed by atoms with Gasteiger partial charge in [-0.25, -0.2) is 4.79 Å². The molecule has 0 aliphatic carbocycles. The van der Waals surface area contributed by atoms with Gasteiger partial charge in [0.05, 0.1) is 6.61 Å². The Hall–Kier alpha value is -1.43. The van der Waals surface area contributed by atoms with Crippen LogP contribution in [0.2, 0.25) is 0 Å². The third kappa shape index (κ3) is 2.21. The normalized spacial score (nSPS) is 21.9. The standard InChI is InChI=1S/C11H12O5/c12-10(11(13)14)8-3-1-7(2-4-8)9-5-15-6-16-9/h1-4,9-10,12H,5-6H2,(H,13,14). The van der Waals surface area contributed by atoms with Crippen molar-refractivity contribution in [3.8, 4) is 0 Å². The maximum absolute atomic E-state index is 10.5. The molecule has 2 unspecified atom stereocenters. The summed E-state index contributed by atoms with van der Waals surface area (Å²) < 4.78 is 10.3. The number of rotatable bonds is 3. The summed E-state index contributed by atoms with van der Waals surface area (Å²) in [4.78, 5) is 10.5. The number of hydrogen-bond donors (Lipinski definition) is 2. The molecule has 2 N–H and O–H groups in total. The molecule has 1 saturated heterocycles. The molecule has 1 fully saturated rings. The number of hydrogen-bond acceptors (Lipinski definition) is 4. The Morgan fingerprint density at radius 2 is 2.06 bits per heavy atom. The van der Waals surface area contributed by atoms with Gasteiger partial charge in [-0.05, 0) is 11.1 Å². The minimum Gasteiger partial charge on any atom is -0.479 e. The van der Waals surface area contributed by atoms with Gasteiger partial charge in [-0.15, -0.1) is 0 Å². The maximum atomic E-state index is 10.5. The fraction of sp³-hybridized carbons (Fsp3) is 0.364. The number of aliphatic hydroxyl groups excluding tert-OH is 1. The predicted molar refractivity (Wildman–Crippen MR) is 53.7 cm³/mol. The highest BCUT2D eigenvalue weighted by Crippen LogP contribution is 2.24. The minimum absolute atomic E-state index is 0.101. The third-order valence-electron chi connectivity index (χ3n) is 2.48. The topological polar surface area (TPSA) is 76.0 Å². The lowest BCUT2D eigenvalue weighted by molar-refractivity contribution is -0.146. The van der Waals surface area contributed by atoms with Crippen molar-refractivity contribution in [1.82, 2.24) is 0 Å². The third-order valence-corrected chi connectivity index (χ3v) is 2.48. The Morgan fingerprint density at radius 3 is 2.56 bits per heavy atom. The van der Waals surface area contributed by atoms with Crippen LogP contribution in [0.3, 0.4) is 0 Å². The summed E-state index contributed by atoms with van der Waals surface area (Å²) in [6.07, 6.45) is -1.58. The monoisotopic (exact) mass is 224 g/mol.